The van der Waals surface area contributed by atoms with E-state index in [2.05, 4.69) is 9.97 Å². The molecule has 0 atom stereocenters. The summed E-state index contributed by atoms with van der Waals surface area (Å²) in [6, 6.07) is 7.11. The first-order valence-electron chi connectivity index (χ1n) is 9.90. The normalized spacial score (nSPS) is 14.7. The number of rotatable bonds is 3. The second-order valence-electron chi connectivity index (χ2n) is 8.74. The molecule has 0 N–H and O–H groups in total. The van der Waals surface area contributed by atoms with Crippen LogP contribution in [0.2, 0.25) is 0 Å². The third-order valence-electron chi connectivity index (χ3n) is 5.28. The number of aromatic nitrogens is 3. The molecule has 1 aliphatic heterocycles. The number of ether oxygens (including phenoxy) is 1. The van der Waals surface area contributed by atoms with E-state index in [0.29, 0.717) is 24.6 Å². The first kappa shape index (κ1) is 20.1. The molecule has 7 nitrogen and oxygen atoms in total. The van der Waals surface area contributed by atoms with Gasteiger partial charge in [-0.2, -0.15) is 0 Å². The average Bonchev–Trinajstić information content (AvgIpc) is 2.99. The molecule has 158 valence electrons. The SMILES string of the molecule is CN(c1cc2c(cn1)ncn2C)c1ccc(C2CN(C(=O)OC(C)(C)C)C2)cc1F. The molecule has 0 bridgehead atoms. The van der Waals surface area contributed by atoms with Crippen molar-refractivity contribution in [3.63, 3.8) is 0 Å². The summed E-state index contributed by atoms with van der Waals surface area (Å²) in [5.74, 6) is 0.422. The first-order chi connectivity index (χ1) is 14.1. The van der Waals surface area contributed by atoms with Gasteiger partial charge in [0, 0.05) is 39.2 Å². The molecule has 3 heterocycles. The lowest BCUT2D eigenvalue weighted by Gasteiger charge is -2.40. The highest BCUT2D eigenvalue weighted by atomic mass is 19.1. The Bertz CT molecular complexity index is 1100. The van der Waals surface area contributed by atoms with Crippen LogP contribution >= 0.6 is 0 Å². The molecular weight excluding hydrogens is 385 g/mol. The zero-order valence-electron chi connectivity index (χ0n) is 17.9. The first-order valence-corrected chi connectivity index (χ1v) is 9.90. The van der Waals surface area contributed by atoms with E-state index in [0.717, 1.165) is 16.6 Å². The van der Waals surface area contributed by atoms with Crippen LogP contribution in [0.5, 0.6) is 0 Å². The number of imidazole rings is 1. The molecule has 1 saturated heterocycles. The topological polar surface area (TPSA) is 63.5 Å². The van der Waals surface area contributed by atoms with Gasteiger partial charge in [0.1, 0.15) is 22.8 Å². The summed E-state index contributed by atoms with van der Waals surface area (Å²) in [7, 11) is 3.70. The van der Waals surface area contributed by atoms with Gasteiger partial charge in [0.2, 0.25) is 0 Å². The smallest absolute Gasteiger partial charge is 0.410 e. The summed E-state index contributed by atoms with van der Waals surface area (Å²) in [6.45, 7) is 6.58. The fraction of sp³-hybridized carbons (Fsp3) is 0.409. The quantitative estimate of drug-likeness (QED) is 0.646. The molecule has 1 aliphatic rings. The molecule has 3 aromatic rings. The number of pyridine rings is 1. The second kappa shape index (κ2) is 7.27. The average molecular weight is 411 g/mol. The Morgan fingerprint density at radius 1 is 1.23 bits per heavy atom. The van der Waals surface area contributed by atoms with Crippen molar-refractivity contribution in [2.24, 2.45) is 7.05 Å². The van der Waals surface area contributed by atoms with Gasteiger partial charge >= 0.3 is 6.09 Å². The number of likely N-dealkylation sites (tertiary alicyclic amines) is 1. The Morgan fingerprint density at radius 3 is 2.63 bits per heavy atom. The monoisotopic (exact) mass is 411 g/mol. The van der Waals surface area contributed by atoms with Gasteiger partial charge in [-0.25, -0.2) is 19.2 Å². The molecule has 1 fully saturated rings. The fourth-order valence-electron chi connectivity index (χ4n) is 3.54. The van der Waals surface area contributed by atoms with Crippen molar-refractivity contribution in [2.45, 2.75) is 32.3 Å². The van der Waals surface area contributed by atoms with Gasteiger partial charge in [-0.3, -0.25) is 0 Å². The lowest BCUT2D eigenvalue weighted by Crippen LogP contribution is -2.50. The minimum Gasteiger partial charge on any atom is -0.444 e. The van der Waals surface area contributed by atoms with Crippen LogP contribution in [0.4, 0.5) is 20.7 Å². The van der Waals surface area contributed by atoms with Crippen LogP contribution in [0, 0.1) is 5.82 Å². The van der Waals surface area contributed by atoms with Crippen molar-refractivity contribution in [3.05, 3.63) is 48.2 Å². The minimum atomic E-state index is -0.521. The summed E-state index contributed by atoms with van der Waals surface area (Å²) in [5.41, 5.74) is 2.52. The van der Waals surface area contributed by atoms with Gasteiger partial charge < -0.3 is 19.1 Å². The van der Waals surface area contributed by atoms with Crippen molar-refractivity contribution in [1.82, 2.24) is 19.4 Å². The molecule has 1 aromatic carbocycles. The van der Waals surface area contributed by atoms with E-state index in [1.165, 1.54) is 0 Å². The van der Waals surface area contributed by atoms with Crippen LogP contribution in [0.3, 0.4) is 0 Å². The number of nitrogens with zero attached hydrogens (tertiary/aromatic N) is 5. The highest BCUT2D eigenvalue weighted by Crippen LogP contribution is 2.33. The van der Waals surface area contributed by atoms with Crippen molar-refractivity contribution >= 4 is 28.6 Å². The minimum absolute atomic E-state index is 0.107. The van der Waals surface area contributed by atoms with Crippen molar-refractivity contribution < 1.29 is 13.9 Å². The highest BCUT2D eigenvalue weighted by molar-refractivity contribution is 5.78. The molecule has 4 rings (SSSR count). The zero-order valence-corrected chi connectivity index (χ0v) is 17.9. The molecule has 2 aromatic heterocycles. The summed E-state index contributed by atoms with van der Waals surface area (Å²) in [4.78, 5) is 24.1. The van der Waals surface area contributed by atoms with Gasteiger partial charge in [-0.15, -0.1) is 0 Å². The number of halogens is 1. The molecule has 0 spiro atoms. The Labute approximate surface area is 175 Å². The van der Waals surface area contributed by atoms with E-state index in [9.17, 15) is 9.18 Å². The van der Waals surface area contributed by atoms with Crippen LogP contribution in [0.1, 0.15) is 32.3 Å². The van der Waals surface area contributed by atoms with Gasteiger partial charge in [0.25, 0.3) is 0 Å². The van der Waals surface area contributed by atoms with Crippen molar-refractivity contribution in [1.29, 1.82) is 0 Å². The maximum atomic E-state index is 14.9. The standard InChI is InChI=1S/C22H26FN5O2/c1-22(2,3)30-21(29)28-11-15(12-28)14-6-7-18(16(23)8-14)27(5)20-9-19-17(10-24-20)25-13-26(19)4/h6-10,13,15H,11-12H2,1-5H3. The van der Waals surface area contributed by atoms with Crippen LogP contribution < -0.4 is 4.90 Å². The van der Waals surface area contributed by atoms with Crippen LogP contribution in [-0.2, 0) is 11.8 Å². The number of carbonyl (C=O) groups is 1. The van der Waals surface area contributed by atoms with Gasteiger partial charge in [0.15, 0.2) is 0 Å². The maximum Gasteiger partial charge on any atom is 0.410 e. The summed E-state index contributed by atoms with van der Waals surface area (Å²) in [5, 5.41) is 0. The van der Waals surface area contributed by atoms with E-state index in [1.54, 1.807) is 41.5 Å². The molecule has 30 heavy (non-hydrogen) atoms. The number of fused-ring (bicyclic) bond motifs is 1. The maximum absolute atomic E-state index is 14.9. The van der Waals surface area contributed by atoms with E-state index in [4.69, 9.17) is 4.74 Å². The lowest BCUT2D eigenvalue weighted by molar-refractivity contribution is 0.00818. The largest absolute Gasteiger partial charge is 0.444 e. The third kappa shape index (κ3) is 3.81. The molecule has 0 unspecified atom stereocenters. The Kier molecular flexibility index (Phi) is 4.88. The van der Waals surface area contributed by atoms with E-state index in [1.807, 2.05) is 44.5 Å². The zero-order chi connectivity index (χ0) is 21.6. The van der Waals surface area contributed by atoms with Crippen LogP contribution in [0.15, 0.2) is 36.8 Å². The number of benzene rings is 1. The molecule has 0 saturated carbocycles. The van der Waals surface area contributed by atoms with Crippen LogP contribution in [0.25, 0.3) is 11.0 Å². The Morgan fingerprint density at radius 2 is 1.97 bits per heavy atom. The number of hydrogen-bond donors (Lipinski definition) is 0. The molecule has 1 amide bonds. The fourth-order valence-corrected chi connectivity index (χ4v) is 3.54. The molecule has 0 aliphatic carbocycles. The highest BCUT2D eigenvalue weighted by Gasteiger charge is 2.34. The predicted octanol–water partition coefficient (Wildman–Crippen LogP) is 4.21. The second-order valence-corrected chi connectivity index (χ2v) is 8.74. The van der Waals surface area contributed by atoms with E-state index < -0.39 is 5.60 Å². The molecular formula is C22H26FN5O2. The molecule has 8 heteroatoms. The number of anilines is 2. The van der Waals surface area contributed by atoms with Crippen molar-refractivity contribution in [3.8, 4) is 0 Å². The molecule has 0 radical (unpaired) electrons. The predicted molar refractivity (Wildman–Crippen MR) is 114 cm³/mol. The lowest BCUT2D eigenvalue weighted by atomic mass is 9.91. The summed E-state index contributed by atoms with van der Waals surface area (Å²) >= 11 is 0. The van der Waals surface area contributed by atoms with E-state index in [-0.39, 0.29) is 17.8 Å². The number of hydrogen-bond acceptors (Lipinski definition) is 5. The van der Waals surface area contributed by atoms with Gasteiger partial charge in [-0.1, -0.05) is 6.07 Å². The Hall–Kier alpha value is -3.16. The van der Waals surface area contributed by atoms with Gasteiger partial charge in [0.05, 0.1) is 23.7 Å². The summed E-state index contributed by atoms with van der Waals surface area (Å²) in [6.07, 6.45) is 3.09. The third-order valence-corrected chi connectivity index (χ3v) is 5.28. The van der Waals surface area contributed by atoms with E-state index >= 15 is 0 Å². The van der Waals surface area contributed by atoms with Crippen molar-refractivity contribution in [2.75, 3.05) is 25.0 Å². The number of aryl methyl sites for hydroxylation is 1. The van der Waals surface area contributed by atoms with Gasteiger partial charge in [-0.05, 0) is 38.5 Å². The Balaban J connectivity index is 1.47. The van der Waals surface area contributed by atoms with Crippen LogP contribution in [-0.4, -0.2) is 51.3 Å². The number of amides is 1. The number of carbonyl (C=O) groups excluding carboxylic acids is 1. The summed E-state index contributed by atoms with van der Waals surface area (Å²) < 4.78 is 22.2.